The van der Waals surface area contributed by atoms with Crippen LogP contribution in [0.2, 0.25) is 0 Å². The van der Waals surface area contributed by atoms with Gasteiger partial charge in [-0.2, -0.15) is 0 Å². The minimum Gasteiger partial charge on any atom is -0.496 e. The molecule has 1 aromatic rings. The van der Waals surface area contributed by atoms with E-state index in [0.717, 1.165) is 24.3 Å². The highest BCUT2D eigenvalue weighted by Crippen LogP contribution is 2.40. The van der Waals surface area contributed by atoms with Crippen molar-refractivity contribution < 1.29 is 4.74 Å². The summed E-state index contributed by atoms with van der Waals surface area (Å²) in [4.78, 5) is 0. The van der Waals surface area contributed by atoms with E-state index >= 15 is 0 Å². The van der Waals surface area contributed by atoms with Crippen LogP contribution >= 0.6 is 0 Å². The summed E-state index contributed by atoms with van der Waals surface area (Å²) in [5.74, 6) is 2.53. The third-order valence-electron chi connectivity index (χ3n) is 4.71. The molecule has 1 unspecified atom stereocenters. The zero-order chi connectivity index (χ0) is 13.1. The van der Waals surface area contributed by atoms with Crippen LogP contribution in [0.4, 0.5) is 0 Å². The maximum absolute atomic E-state index is 5.58. The Bertz CT molecular complexity index is 407. The summed E-state index contributed by atoms with van der Waals surface area (Å²) in [5.41, 5.74) is 1.41. The molecule has 0 spiro atoms. The van der Waals surface area contributed by atoms with E-state index in [-0.39, 0.29) is 0 Å². The lowest BCUT2D eigenvalue weighted by Gasteiger charge is -2.26. The van der Waals surface area contributed by atoms with Crippen LogP contribution in [0.5, 0.6) is 5.75 Å². The quantitative estimate of drug-likeness (QED) is 0.840. The Hall–Kier alpha value is -1.02. The lowest BCUT2D eigenvalue weighted by molar-refractivity contribution is 0.372. The molecule has 0 bridgehead atoms. The Balaban J connectivity index is 1.78. The molecule has 0 heterocycles. The first-order valence-corrected chi connectivity index (χ1v) is 7.75. The van der Waals surface area contributed by atoms with Gasteiger partial charge < -0.3 is 10.1 Å². The molecule has 104 valence electrons. The first-order valence-electron chi connectivity index (χ1n) is 7.75. The van der Waals surface area contributed by atoms with Gasteiger partial charge in [-0.15, -0.1) is 0 Å². The maximum atomic E-state index is 5.58. The third-order valence-corrected chi connectivity index (χ3v) is 4.71. The van der Waals surface area contributed by atoms with Crippen molar-refractivity contribution in [3.05, 3.63) is 29.8 Å². The molecule has 0 aliphatic heterocycles. The van der Waals surface area contributed by atoms with Crippen molar-refractivity contribution in [1.82, 2.24) is 5.32 Å². The van der Waals surface area contributed by atoms with Gasteiger partial charge in [0.15, 0.2) is 0 Å². The van der Waals surface area contributed by atoms with E-state index in [9.17, 15) is 0 Å². The van der Waals surface area contributed by atoms with Crippen molar-refractivity contribution >= 4 is 0 Å². The van der Waals surface area contributed by atoms with E-state index in [0.29, 0.717) is 5.92 Å². The van der Waals surface area contributed by atoms with Crippen LogP contribution in [0.3, 0.4) is 0 Å². The summed E-state index contributed by atoms with van der Waals surface area (Å²) in [5, 5.41) is 3.73. The zero-order valence-corrected chi connectivity index (χ0v) is 11.9. The second-order valence-corrected chi connectivity index (χ2v) is 6.08. The molecule has 0 saturated heterocycles. The molecular formula is C17H25NO. The highest BCUT2D eigenvalue weighted by Gasteiger charge is 2.30. The van der Waals surface area contributed by atoms with Gasteiger partial charge in [0.1, 0.15) is 5.75 Å². The molecule has 2 saturated carbocycles. The van der Waals surface area contributed by atoms with Crippen LogP contribution in [0.1, 0.15) is 50.0 Å². The average Bonchev–Trinajstić information content (AvgIpc) is 3.12. The summed E-state index contributed by atoms with van der Waals surface area (Å²) in [6.07, 6.45) is 8.30. The number of hydrogen-bond acceptors (Lipinski definition) is 2. The predicted molar refractivity (Wildman–Crippen MR) is 78.7 cm³/mol. The number of hydrogen-bond donors (Lipinski definition) is 1. The number of benzene rings is 1. The monoisotopic (exact) mass is 259 g/mol. The van der Waals surface area contributed by atoms with Crippen molar-refractivity contribution in [3.63, 3.8) is 0 Å². The first-order chi connectivity index (χ1) is 9.38. The number of para-hydroxylation sites is 1. The van der Waals surface area contributed by atoms with Crippen LogP contribution in [-0.4, -0.2) is 19.7 Å². The maximum Gasteiger partial charge on any atom is 0.122 e. The normalized spacial score (nSPS) is 21.5. The van der Waals surface area contributed by atoms with Crippen LogP contribution in [0.25, 0.3) is 0 Å². The zero-order valence-electron chi connectivity index (χ0n) is 11.9. The van der Waals surface area contributed by atoms with Gasteiger partial charge in [0, 0.05) is 18.5 Å². The fourth-order valence-electron chi connectivity index (χ4n) is 3.44. The molecule has 2 heteroatoms. The summed E-state index contributed by atoms with van der Waals surface area (Å²) in [6.45, 7) is 1.12. The highest BCUT2D eigenvalue weighted by atomic mass is 16.5. The molecule has 2 aliphatic carbocycles. The molecule has 19 heavy (non-hydrogen) atoms. The van der Waals surface area contributed by atoms with Gasteiger partial charge in [-0.25, -0.2) is 0 Å². The van der Waals surface area contributed by atoms with Crippen molar-refractivity contribution in [2.45, 2.75) is 50.5 Å². The molecule has 1 N–H and O–H groups in total. The van der Waals surface area contributed by atoms with Crippen LogP contribution in [0.15, 0.2) is 24.3 Å². The van der Waals surface area contributed by atoms with E-state index in [1.165, 1.54) is 44.1 Å². The standard InChI is InChI=1S/C17H25NO/c1-19-17-9-5-4-8-15(17)16(12-18-14-10-11-14)13-6-2-3-7-13/h4-5,8-9,13-14,16,18H,2-3,6-7,10-12H2,1H3. The van der Waals surface area contributed by atoms with Crippen LogP contribution < -0.4 is 10.1 Å². The van der Waals surface area contributed by atoms with Crippen molar-refractivity contribution in [2.75, 3.05) is 13.7 Å². The first kappa shape index (κ1) is 13.0. The smallest absolute Gasteiger partial charge is 0.122 e. The van der Waals surface area contributed by atoms with Gasteiger partial charge in [-0.3, -0.25) is 0 Å². The Morgan fingerprint density at radius 3 is 2.58 bits per heavy atom. The summed E-state index contributed by atoms with van der Waals surface area (Å²) in [6, 6.07) is 9.38. The molecule has 2 nitrogen and oxygen atoms in total. The Kier molecular flexibility index (Phi) is 4.07. The number of methoxy groups -OCH3 is 1. The lowest BCUT2D eigenvalue weighted by Crippen LogP contribution is -2.27. The van der Waals surface area contributed by atoms with Gasteiger partial charge >= 0.3 is 0 Å². The van der Waals surface area contributed by atoms with E-state index in [2.05, 4.69) is 29.6 Å². The Morgan fingerprint density at radius 2 is 1.89 bits per heavy atom. The van der Waals surface area contributed by atoms with Crippen molar-refractivity contribution in [2.24, 2.45) is 5.92 Å². The predicted octanol–water partition coefficient (Wildman–Crippen LogP) is 3.72. The molecule has 0 amide bonds. The minimum atomic E-state index is 0.624. The third kappa shape index (κ3) is 3.11. The van der Waals surface area contributed by atoms with Crippen molar-refractivity contribution in [3.8, 4) is 5.75 Å². The summed E-state index contributed by atoms with van der Waals surface area (Å²) >= 11 is 0. The van der Waals surface area contributed by atoms with E-state index < -0.39 is 0 Å². The fraction of sp³-hybridized carbons (Fsp3) is 0.647. The van der Waals surface area contributed by atoms with Gasteiger partial charge in [-0.1, -0.05) is 31.0 Å². The lowest BCUT2D eigenvalue weighted by atomic mass is 9.84. The molecule has 2 aliphatic rings. The largest absolute Gasteiger partial charge is 0.496 e. The molecule has 1 aromatic carbocycles. The fourth-order valence-corrected chi connectivity index (χ4v) is 3.44. The van der Waals surface area contributed by atoms with Crippen molar-refractivity contribution in [1.29, 1.82) is 0 Å². The van der Waals surface area contributed by atoms with Gasteiger partial charge in [0.2, 0.25) is 0 Å². The van der Waals surface area contributed by atoms with E-state index in [1.807, 2.05) is 0 Å². The number of rotatable bonds is 6. The van der Waals surface area contributed by atoms with Gasteiger partial charge in [0.05, 0.1) is 7.11 Å². The van der Waals surface area contributed by atoms with Crippen LogP contribution in [0, 0.1) is 5.92 Å². The van der Waals surface area contributed by atoms with E-state index in [1.54, 1.807) is 7.11 Å². The number of nitrogens with one attached hydrogen (secondary N) is 1. The Morgan fingerprint density at radius 1 is 1.16 bits per heavy atom. The highest BCUT2D eigenvalue weighted by molar-refractivity contribution is 5.37. The summed E-state index contributed by atoms with van der Waals surface area (Å²) < 4.78 is 5.58. The summed E-state index contributed by atoms with van der Waals surface area (Å²) in [7, 11) is 1.79. The molecule has 2 fully saturated rings. The second-order valence-electron chi connectivity index (χ2n) is 6.08. The van der Waals surface area contributed by atoms with E-state index in [4.69, 9.17) is 4.74 Å². The van der Waals surface area contributed by atoms with Crippen LogP contribution in [-0.2, 0) is 0 Å². The Labute approximate surface area is 116 Å². The molecule has 1 atom stereocenters. The minimum absolute atomic E-state index is 0.624. The second kappa shape index (κ2) is 5.96. The molecule has 0 radical (unpaired) electrons. The SMILES string of the molecule is COc1ccccc1C(CNC1CC1)C1CCCC1. The van der Waals surface area contributed by atoms with Gasteiger partial charge in [0.25, 0.3) is 0 Å². The topological polar surface area (TPSA) is 21.3 Å². The molecule has 0 aromatic heterocycles. The van der Waals surface area contributed by atoms with Gasteiger partial charge in [-0.05, 0) is 43.2 Å². The molecule has 3 rings (SSSR count). The average molecular weight is 259 g/mol. The molecular weight excluding hydrogens is 234 g/mol. The number of ether oxygens (including phenoxy) is 1.